The van der Waals surface area contributed by atoms with Crippen LogP contribution in [0.1, 0.15) is 25.3 Å². The van der Waals surface area contributed by atoms with Gasteiger partial charge >= 0.3 is 0 Å². The minimum atomic E-state index is -1.05. The topological polar surface area (TPSA) is 36.5 Å². The standard InChI is InChI=1S/C17H18FN3O/c1-17(18)9-16(10-17)22-15-4-2-12(3-5-15)13-6-7-21-14(8-13)11-19-20-21/h2-8,11,16,19-20H,9-10H2,1H3. The minimum absolute atomic E-state index is 0.00370. The summed E-state index contributed by atoms with van der Waals surface area (Å²) in [5.74, 6) is 0.801. The molecule has 114 valence electrons. The maximum Gasteiger partial charge on any atom is 0.119 e. The molecule has 1 aromatic carbocycles. The fourth-order valence-electron chi connectivity index (χ4n) is 2.98. The van der Waals surface area contributed by atoms with Crippen molar-refractivity contribution >= 4 is 5.57 Å². The number of nitrogens with one attached hydrogen (secondary N) is 2. The summed E-state index contributed by atoms with van der Waals surface area (Å²) in [6.45, 7) is 1.63. The van der Waals surface area contributed by atoms with E-state index in [9.17, 15) is 4.39 Å². The summed E-state index contributed by atoms with van der Waals surface area (Å²) in [6.07, 6.45) is 8.99. The number of fused-ring (bicyclic) bond motifs is 1. The molecule has 0 amide bonds. The minimum Gasteiger partial charge on any atom is -0.490 e. The van der Waals surface area contributed by atoms with E-state index in [1.807, 2.05) is 47.8 Å². The fourth-order valence-corrected chi connectivity index (χ4v) is 2.98. The number of halogens is 1. The monoisotopic (exact) mass is 299 g/mol. The zero-order valence-corrected chi connectivity index (χ0v) is 12.3. The Bertz CT molecular complexity index is 668. The highest BCUT2D eigenvalue weighted by Gasteiger charge is 2.42. The number of nitrogens with zero attached hydrogens (tertiary/aromatic N) is 1. The molecule has 5 heteroatoms. The van der Waals surface area contributed by atoms with Crippen LogP contribution in [0.25, 0.3) is 5.57 Å². The summed E-state index contributed by atoms with van der Waals surface area (Å²) in [5, 5.41) is 1.91. The highest BCUT2D eigenvalue weighted by Crippen LogP contribution is 2.38. The molecule has 1 aliphatic carbocycles. The third-order valence-electron chi connectivity index (χ3n) is 4.19. The van der Waals surface area contributed by atoms with E-state index in [1.165, 1.54) is 0 Å². The van der Waals surface area contributed by atoms with Gasteiger partial charge in [0.05, 0.1) is 5.70 Å². The lowest BCUT2D eigenvalue weighted by molar-refractivity contribution is -0.0291. The van der Waals surface area contributed by atoms with E-state index in [4.69, 9.17) is 4.74 Å². The van der Waals surface area contributed by atoms with E-state index in [0.29, 0.717) is 12.8 Å². The molecule has 0 atom stereocenters. The van der Waals surface area contributed by atoms with Crippen molar-refractivity contribution in [2.45, 2.75) is 31.5 Å². The van der Waals surface area contributed by atoms with Gasteiger partial charge in [-0.15, -0.1) is 5.53 Å². The summed E-state index contributed by atoms with van der Waals surface area (Å²) in [6, 6.07) is 7.96. The Balaban J connectivity index is 1.45. The first-order valence-corrected chi connectivity index (χ1v) is 7.46. The number of hydrogen-bond donors (Lipinski definition) is 2. The third kappa shape index (κ3) is 2.48. The zero-order valence-electron chi connectivity index (χ0n) is 12.3. The van der Waals surface area contributed by atoms with Crippen molar-refractivity contribution in [2.24, 2.45) is 0 Å². The second-order valence-corrected chi connectivity index (χ2v) is 6.20. The smallest absolute Gasteiger partial charge is 0.119 e. The molecular formula is C17H18FN3O. The molecule has 2 N–H and O–H groups in total. The Morgan fingerprint density at radius 1 is 1.27 bits per heavy atom. The van der Waals surface area contributed by atoms with Crippen LogP contribution in [0.3, 0.4) is 0 Å². The maximum atomic E-state index is 13.5. The number of allylic oxidation sites excluding steroid dienone is 3. The van der Waals surface area contributed by atoms with Gasteiger partial charge in [-0.3, -0.25) is 5.01 Å². The van der Waals surface area contributed by atoms with E-state index < -0.39 is 5.67 Å². The predicted octanol–water partition coefficient (Wildman–Crippen LogP) is 3.03. The van der Waals surface area contributed by atoms with Crippen LogP contribution in [0, 0.1) is 0 Å². The summed E-state index contributed by atoms with van der Waals surface area (Å²) in [4.78, 5) is 0. The van der Waals surface area contributed by atoms with Crippen molar-refractivity contribution < 1.29 is 9.13 Å². The van der Waals surface area contributed by atoms with Crippen molar-refractivity contribution in [3.63, 3.8) is 0 Å². The van der Waals surface area contributed by atoms with Gasteiger partial charge in [0.15, 0.2) is 0 Å². The first-order valence-electron chi connectivity index (χ1n) is 7.46. The van der Waals surface area contributed by atoms with Crippen molar-refractivity contribution in [3.05, 3.63) is 60.1 Å². The zero-order chi connectivity index (χ0) is 15.2. The number of hydrogen-bond acceptors (Lipinski definition) is 4. The largest absolute Gasteiger partial charge is 0.490 e. The van der Waals surface area contributed by atoms with Crippen LogP contribution < -0.4 is 15.7 Å². The van der Waals surface area contributed by atoms with Gasteiger partial charge in [0.1, 0.15) is 17.5 Å². The SMILES string of the molecule is CC1(F)CC(Oc2ccc(C3=CC4=CNNN4C=C3)cc2)C1. The second-order valence-electron chi connectivity index (χ2n) is 6.20. The predicted molar refractivity (Wildman–Crippen MR) is 82.9 cm³/mol. The van der Waals surface area contributed by atoms with Crippen molar-refractivity contribution in [1.82, 2.24) is 16.0 Å². The maximum absolute atomic E-state index is 13.5. The lowest BCUT2D eigenvalue weighted by Crippen LogP contribution is -2.44. The summed E-state index contributed by atoms with van der Waals surface area (Å²) < 4.78 is 19.2. The quantitative estimate of drug-likeness (QED) is 0.899. The molecule has 2 heterocycles. The van der Waals surface area contributed by atoms with Crippen molar-refractivity contribution in [1.29, 1.82) is 0 Å². The van der Waals surface area contributed by atoms with Crippen molar-refractivity contribution in [2.75, 3.05) is 0 Å². The average molecular weight is 299 g/mol. The average Bonchev–Trinajstić information content (AvgIpc) is 2.93. The van der Waals surface area contributed by atoms with Crippen molar-refractivity contribution in [3.8, 4) is 5.75 Å². The molecule has 3 aliphatic rings. The Hall–Kier alpha value is -2.27. The third-order valence-corrected chi connectivity index (χ3v) is 4.19. The summed E-state index contributed by atoms with van der Waals surface area (Å²) in [5.41, 5.74) is 8.22. The molecule has 22 heavy (non-hydrogen) atoms. The van der Waals surface area contributed by atoms with Crippen LogP contribution in [-0.4, -0.2) is 16.8 Å². The highest BCUT2D eigenvalue weighted by molar-refractivity contribution is 5.77. The molecule has 0 bridgehead atoms. The van der Waals surface area contributed by atoms with Crippen LogP contribution in [0.2, 0.25) is 0 Å². The Labute approximate surface area is 128 Å². The van der Waals surface area contributed by atoms with E-state index in [2.05, 4.69) is 17.0 Å². The first-order chi connectivity index (χ1) is 10.6. The molecule has 1 saturated carbocycles. The fraction of sp³-hybridized carbons (Fsp3) is 0.294. The van der Waals surface area contributed by atoms with Gasteiger partial charge in [0, 0.05) is 25.2 Å². The molecule has 0 unspecified atom stereocenters. The van der Waals surface area contributed by atoms with Gasteiger partial charge in [-0.05, 0) is 42.3 Å². The molecule has 0 radical (unpaired) electrons. The van der Waals surface area contributed by atoms with Crippen LogP contribution in [0.5, 0.6) is 5.75 Å². The molecule has 2 aliphatic heterocycles. The van der Waals surface area contributed by atoms with Crippen LogP contribution in [-0.2, 0) is 0 Å². The van der Waals surface area contributed by atoms with Gasteiger partial charge in [-0.25, -0.2) is 4.39 Å². The Kier molecular flexibility index (Phi) is 2.97. The van der Waals surface area contributed by atoms with Gasteiger partial charge in [-0.1, -0.05) is 12.1 Å². The number of ether oxygens (including phenoxy) is 1. The molecule has 4 nitrogen and oxygen atoms in total. The van der Waals surface area contributed by atoms with E-state index in [-0.39, 0.29) is 6.10 Å². The molecule has 1 aromatic rings. The molecule has 1 fully saturated rings. The number of alkyl halides is 1. The number of rotatable bonds is 3. The van der Waals surface area contributed by atoms with Crippen LogP contribution in [0.4, 0.5) is 4.39 Å². The molecule has 0 aromatic heterocycles. The van der Waals surface area contributed by atoms with Gasteiger partial charge < -0.3 is 10.2 Å². The molecule has 0 saturated heterocycles. The Morgan fingerprint density at radius 3 is 2.77 bits per heavy atom. The summed E-state index contributed by atoms with van der Waals surface area (Å²) in [7, 11) is 0. The van der Waals surface area contributed by atoms with Gasteiger partial charge in [-0.2, -0.15) is 0 Å². The van der Waals surface area contributed by atoms with Gasteiger partial charge in [0.25, 0.3) is 0 Å². The van der Waals surface area contributed by atoms with Gasteiger partial charge in [0.2, 0.25) is 0 Å². The Morgan fingerprint density at radius 2 is 2.05 bits per heavy atom. The molecule has 0 spiro atoms. The second kappa shape index (κ2) is 4.88. The normalized spacial score (nSPS) is 29.2. The lowest BCUT2D eigenvalue weighted by Gasteiger charge is -2.38. The first kappa shape index (κ1) is 13.4. The van der Waals surface area contributed by atoms with E-state index in [0.717, 1.165) is 22.6 Å². The lowest BCUT2D eigenvalue weighted by atomic mass is 9.81. The van der Waals surface area contributed by atoms with E-state index >= 15 is 0 Å². The number of hydrazine groups is 2. The number of benzene rings is 1. The van der Waals surface area contributed by atoms with Crippen LogP contribution >= 0.6 is 0 Å². The highest BCUT2D eigenvalue weighted by atomic mass is 19.1. The summed E-state index contributed by atoms with van der Waals surface area (Å²) >= 11 is 0. The van der Waals surface area contributed by atoms with Crippen LogP contribution in [0.15, 0.2) is 54.5 Å². The molecule has 4 rings (SSSR count). The van der Waals surface area contributed by atoms with E-state index in [1.54, 1.807) is 6.92 Å². The molecular weight excluding hydrogens is 281 g/mol.